The van der Waals surface area contributed by atoms with Crippen LogP contribution in [0, 0.1) is 6.92 Å². The Morgan fingerprint density at radius 2 is 1.61 bits per heavy atom. The number of benzene rings is 4. The van der Waals surface area contributed by atoms with Gasteiger partial charge in [-0.05, 0) is 66.6 Å². The Balaban J connectivity index is 1.26. The fourth-order valence-electron chi connectivity index (χ4n) is 3.94. The van der Waals surface area contributed by atoms with Crippen molar-refractivity contribution in [2.45, 2.75) is 11.8 Å². The molecule has 0 saturated carbocycles. The van der Waals surface area contributed by atoms with Crippen molar-refractivity contribution in [2.75, 3.05) is 16.4 Å². The summed E-state index contributed by atoms with van der Waals surface area (Å²) >= 11 is 2.77. The van der Waals surface area contributed by atoms with Gasteiger partial charge in [0.05, 0.1) is 16.0 Å². The van der Waals surface area contributed by atoms with Gasteiger partial charge in [-0.2, -0.15) is 0 Å². The SMILES string of the molecule is Cc1ccccc1/C=C(\NC(=O)c1ccccc1)C(=O)Nc1cccc(SCC(=O)Nc2nc3ccccc3s2)c1. The van der Waals surface area contributed by atoms with Crippen LogP contribution in [0.25, 0.3) is 16.3 Å². The van der Waals surface area contributed by atoms with E-state index in [0.29, 0.717) is 16.4 Å². The molecule has 9 heteroatoms. The minimum Gasteiger partial charge on any atom is -0.321 e. The third-order valence-electron chi connectivity index (χ3n) is 6.02. The summed E-state index contributed by atoms with van der Waals surface area (Å²) in [7, 11) is 0. The lowest BCUT2D eigenvalue weighted by Gasteiger charge is -2.13. The zero-order valence-corrected chi connectivity index (χ0v) is 23.7. The number of amides is 3. The van der Waals surface area contributed by atoms with E-state index in [1.165, 1.54) is 23.1 Å². The summed E-state index contributed by atoms with van der Waals surface area (Å²) in [6.07, 6.45) is 1.66. The molecule has 0 fully saturated rings. The number of thioether (sulfide) groups is 1. The molecule has 41 heavy (non-hydrogen) atoms. The molecule has 7 nitrogen and oxygen atoms in total. The number of anilines is 2. The van der Waals surface area contributed by atoms with Crippen LogP contribution in [0.5, 0.6) is 0 Å². The van der Waals surface area contributed by atoms with E-state index in [1.54, 1.807) is 48.5 Å². The van der Waals surface area contributed by atoms with Gasteiger partial charge in [-0.25, -0.2) is 4.98 Å². The second-order valence-corrected chi connectivity index (χ2v) is 11.1. The number of nitrogens with zero attached hydrogens (tertiary/aromatic N) is 1. The second kappa shape index (κ2) is 13.1. The Labute approximate surface area is 245 Å². The largest absolute Gasteiger partial charge is 0.321 e. The number of rotatable bonds is 9. The Morgan fingerprint density at radius 1 is 0.854 bits per heavy atom. The summed E-state index contributed by atoms with van der Waals surface area (Å²) in [5, 5.41) is 9.05. The van der Waals surface area contributed by atoms with Gasteiger partial charge in [-0.1, -0.05) is 72.0 Å². The molecule has 3 amide bonds. The molecular weight excluding hydrogens is 553 g/mol. The van der Waals surface area contributed by atoms with Crippen LogP contribution in [-0.4, -0.2) is 28.5 Å². The Bertz CT molecular complexity index is 1720. The van der Waals surface area contributed by atoms with E-state index in [0.717, 1.165) is 26.2 Å². The van der Waals surface area contributed by atoms with Crippen LogP contribution < -0.4 is 16.0 Å². The molecule has 1 aromatic heterocycles. The number of fused-ring (bicyclic) bond motifs is 1. The summed E-state index contributed by atoms with van der Waals surface area (Å²) in [5.74, 6) is -0.841. The summed E-state index contributed by atoms with van der Waals surface area (Å²) in [5.41, 5.74) is 3.72. The molecule has 4 aromatic carbocycles. The Kier molecular flexibility index (Phi) is 8.88. The van der Waals surface area contributed by atoms with Gasteiger partial charge in [-0.15, -0.1) is 11.8 Å². The van der Waals surface area contributed by atoms with Crippen molar-refractivity contribution in [3.05, 3.63) is 126 Å². The highest BCUT2D eigenvalue weighted by Gasteiger charge is 2.16. The third kappa shape index (κ3) is 7.47. The number of hydrogen-bond donors (Lipinski definition) is 3. The number of hydrogen-bond acceptors (Lipinski definition) is 6. The van der Waals surface area contributed by atoms with Gasteiger partial charge < -0.3 is 16.0 Å². The first-order chi connectivity index (χ1) is 19.9. The smallest absolute Gasteiger partial charge is 0.272 e. The van der Waals surface area contributed by atoms with Gasteiger partial charge >= 0.3 is 0 Å². The highest BCUT2D eigenvalue weighted by atomic mass is 32.2. The number of aromatic nitrogens is 1. The van der Waals surface area contributed by atoms with E-state index in [4.69, 9.17) is 0 Å². The lowest BCUT2D eigenvalue weighted by molar-refractivity contribution is -0.114. The van der Waals surface area contributed by atoms with Gasteiger partial charge in [0.25, 0.3) is 11.8 Å². The van der Waals surface area contributed by atoms with Gasteiger partial charge in [0.15, 0.2) is 5.13 Å². The third-order valence-corrected chi connectivity index (χ3v) is 7.96. The summed E-state index contributed by atoms with van der Waals surface area (Å²) in [4.78, 5) is 44.1. The molecule has 0 unspecified atom stereocenters. The fourth-order valence-corrected chi connectivity index (χ4v) is 5.58. The highest BCUT2D eigenvalue weighted by Crippen LogP contribution is 2.26. The average Bonchev–Trinajstić information content (AvgIpc) is 3.39. The van der Waals surface area contributed by atoms with Gasteiger partial charge in [0, 0.05) is 16.1 Å². The number of aryl methyl sites for hydroxylation is 1. The molecule has 0 spiro atoms. The van der Waals surface area contributed by atoms with E-state index < -0.39 is 5.91 Å². The summed E-state index contributed by atoms with van der Waals surface area (Å²) < 4.78 is 1.01. The molecule has 5 rings (SSSR count). The quantitative estimate of drug-likeness (QED) is 0.133. The number of carbonyl (C=O) groups is 3. The second-order valence-electron chi connectivity index (χ2n) is 9.04. The minimum absolute atomic E-state index is 0.112. The topological polar surface area (TPSA) is 100 Å². The molecule has 0 saturated heterocycles. The van der Waals surface area contributed by atoms with Crippen LogP contribution in [0.15, 0.2) is 114 Å². The Morgan fingerprint density at radius 3 is 2.41 bits per heavy atom. The van der Waals surface area contributed by atoms with Crippen molar-refractivity contribution in [2.24, 2.45) is 0 Å². The van der Waals surface area contributed by atoms with Gasteiger partial charge in [0.1, 0.15) is 5.70 Å². The van der Waals surface area contributed by atoms with Crippen LogP contribution >= 0.6 is 23.1 Å². The lowest BCUT2D eigenvalue weighted by Crippen LogP contribution is -2.30. The van der Waals surface area contributed by atoms with Crippen LogP contribution in [0.4, 0.5) is 10.8 Å². The zero-order chi connectivity index (χ0) is 28.6. The van der Waals surface area contributed by atoms with E-state index in [1.807, 2.05) is 67.6 Å². The number of nitrogens with one attached hydrogen (secondary N) is 3. The van der Waals surface area contributed by atoms with E-state index >= 15 is 0 Å². The fraction of sp³-hybridized carbons (Fsp3) is 0.0625. The van der Waals surface area contributed by atoms with Crippen molar-refractivity contribution in [1.29, 1.82) is 0 Å². The standard InChI is InChI=1S/C32H26N4O3S2/c1-21-10-5-6-13-23(21)18-27(34-30(38)22-11-3-2-4-12-22)31(39)33-24-14-9-15-25(19-24)40-20-29(37)36-32-35-26-16-7-8-17-28(26)41-32/h2-19H,20H2,1H3,(H,33,39)(H,34,38)(H,35,36,37)/b27-18-. The molecule has 0 aliphatic rings. The number of carbonyl (C=O) groups excluding carboxylic acids is 3. The molecule has 0 radical (unpaired) electrons. The molecule has 5 aromatic rings. The molecule has 0 atom stereocenters. The minimum atomic E-state index is -0.465. The predicted molar refractivity (Wildman–Crippen MR) is 167 cm³/mol. The first-order valence-electron chi connectivity index (χ1n) is 12.8. The Hall–Kier alpha value is -4.73. The van der Waals surface area contributed by atoms with Gasteiger partial charge in [0.2, 0.25) is 5.91 Å². The highest BCUT2D eigenvalue weighted by molar-refractivity contribution is 8.00. The lowest BCUT2D eigenvalue weighted by atomic mass is 10.1. The van der Waals surface area contributed by atoms with Crippen LogP contribution in [0.2, 0.25) is 0 Å². The molecule has 0 bridgehead atoms. The maximum Gasteiger partial charge on any atom is 0.272 e. The molecule has 0 aliphatic carbocycles. The van der Waals surface area contributed by atoms with Gasteiger partial charge in [-0.3, -0.25) is 14.4 Å². The first-order valence-corrected chi connectivity index (χ1v) is 14.6. The maximum absolute atomic E-state index is 13.4. The normalized spacial score (nSPS) is 11.2. The average molecular weight is 579 g/mol. The maximum atomic E-state index is 13.4. The predicted octanol–water partition coefficient (Wildman–Crippen LogP) is 6.75. The first kappa shape index (κ1) is 27.8. The number of thiazole rings is 1. The molecule has 204 valence electrons. The molecule has 3 N–H and O–H groups in total. The molecule has 1 heterocycles. The van der Waals surface area contributed by atoms with Crippen molar-refractivity contribution >= 4 is 67.9 Å². The molecule has 0 aliphatic heterocycles. The number of para-hydroxylation sites is 1. The van der Waals surface area contributed by atoms with Crippen molar-refractivity contribution in [3.63, 3.8) is 0 Å². The zero-order valence-electron chi connectivity index (χ0n) is 22.1. The summed E-state index contributed by atoms with van der Waals surface area (Å²) in [6.45, 7) is 1.94. The van der Waals surface area contributed by atoms with Crippen LogP contribution in [0.1, 0.15) is 21.5 Å². The summed E-state index contributed by atoms with van der Waals surface area (Å²) in [6, 6.07) is 31.3. The van der Waals surface area contributed by atoms with Crippen molar-refractivity contribution in [1.82, 2.24) is 10.3 Å². The van der Waals surface area contributed by atoms with Crippen molar-refractivity contribution < 1.29 is 14.4 Å². The monoisotopic (exact) mass is 578 g/mol. The van der Waals surface area contributed by atoms with E-state index in [9.17, 15) is 14.4 Å². The van der Waals surface area contributed by atoms with E-state index in [-0.39, 0.29) is 23.3 Å². The molecular formula is C32H26N4O3S2. The van der Waals surface area contributed by atoms with E-state index in [2.05, 4.69) is 20.9 Å². The van der Waals surface area contributed by atoms with Crippen molar-refractivity contribution in [3.8, 4) is 0 Å². The van der Waals surface area contributed by atoms with Crippen LogP contribution in [0.3, 0.4) is 0 Å². The van der Waals surface area contributed by atoms with Crippen LogP contribution in [-0.2, 0) is 9.59 Å².